The number of halogens is 1. The first kappa shape index (κ1) is 17.7. The number of hydrogen-bond donors (Lipinski definition) is 0. The molecule has 1 atom stereocenters. The molecule has 0 saturated heterocycles. The van der Waals surface area contributed by atoms with E-state index in [0.29, 0.717) is 11.4 Å². The van der Waals surface area contributed by atoms with Crippen LogP contribution in [0.5, 0.6) is 0 Å². The van der Waals surface area contributed by atoms with Crippen LogP contribution in [0, 0.1) is 0 Å². The molecule has 0 amide bonds. The maximum atomic E-state index is 12.4. The Balaban J connectivity index is 2.93. The van der Waals surface area contributed by atoms with E-state index in [1.807, 2.05) is 46.8 Å². The maximum Gasteiger partial charge on any atom is 0.334 e. The van der Waals surface area contributed by atoms with E-state index in [2.05, 4.69) is 4.99 Å². The molecule has 4 heteroatoms. The number of esters is 1. The molecule has 3 nitrogen and oxygen atoms in total. The van der Waals surface area contributed by atoms with Crippen molar-refractivity contribution in [2.45, 2.75) is 58.6 Å². The minimum Gasteiger partial charge on any atom is -0.458 e. The fraction of sp³-hybridized carbons (Fsp3) is 0.529. The highest BCUT2D eigenvalue weighted by Gasteiger charge is 2.35. The van der Waals surface area contributed by atoms with Crippen LogP contribution >= 0.6 is 11.6 Å². The summed E-state index contributed by atoms with van der Waals surface area (Å²) in [5, 5.41) is 0.676. The Labute approximate surface area is 132 Å². The molecule has 0 saturated carbocycles. The van der Waals surface area contributed by atoms with Crippen LogP contribution in [0.3, 0.4) is 0 Å². The van der Waals surface area contributed by atoms with Crippen molar-refractivity contribution in [1.29, 1.82) is 0 Å². The fourth-order valence-corrected chi connectivity index (χ4v) is 1.99. The average molecular weight is 310 g/mol. The van der Waals surface area contributed by atoms with Crippen LogP contribution in [0.1, 0.15) is 53.0 Å². The molecular weight excluding hydrogens is 286 g/mol. The molecule has 0 unspecified atom stereocenters. The summed E-state index contributed by atoms with van der Waals surface area (Å²) in [4.78, 5) is 16.9. The molecule has 0 bridgehead atoms. The summed E-state index contributed by atoms with van der Waals surface area (Å²) in [5.41, 5.74) is -0.464. The zero-order chi connectivity index (χ0) is 16.1. The van der Waals surface area contributed by atoms with Gasteiger partial charge < -0.3 is 4.74 Å². The van der Waals surface area contributed by atoms with E-state index in [9.17, 15) is 4.79 Å². The van der Waals surface area contributed by atoms with Crippen molar-refractivity contribution in [3.05, 3.63) is 34.9 Å². The lowest BCUT2D eigenvalue weighted by atomic mass is 9.96. The monoisotopic (exact) mass is 309 g/mol. The molecular formula is C17H24ClNO2. The van der Waals surface area contributed by atoms with E-state index in [-0.39, 0.29) is 5.97 Å². The van der Waals surface area contributed by atoms with E-state index in [4.69, 9.17) is 16.3 Å². The Bertz CT molecular complexity index is 503. The molecule has 0 aromatic heterocycles. The molecule has 1 aromatic rings. The van der Waals surface area contributed by atoms with Gasteiger partial charge in [-0.25, -0.2) is 4.79 Å². The van der Waals surface area contributed by atoms with Crippen molar-refractivity contribution in [2.24, 2.45) is 4.99 Å². The fourth-order valence-electron chi connectivity index (χ4n) is 1.86. The third-order valence-corrected chi connectivity index (χ3v) is 3.20. The van der Waals surface area contributed by atoms with E-state index in [1.165, 1.54) is 0 Å². The van der Waals surface area contributed by atoms with Crippen LogP contribution in [0.15, 0.2) is 29.3 Å². The second-order valence-corrected chi connectivity index (χ2v) is 6.77. The quantitative estimate of drug-likeness (QED) is 0.586. The van der Waals surface area contributed by atoms with Crippen molar-refractivity contribution in [3.8, 4) is 0 Å². The molecule has 0 spiro atoms. The summed E-state index contributed by atoms with van der Waals surface area (Å²) < 4.78 is 5.49. The Kier molecular flexibility index (Phi) is 5.97. The summed E-state index contributed by atoms with van der Waals surface area (Å²) in [5.74, 6) is -0.290. The zero-order valence-electron chi connectivity index (χ0n) is 13.4. The molecule has 0 fully saturated rings. The molecule has 0 aliphatic rings. The molecule has 21 heavy (non-hydrogen) atoms. The van der Waals surface area contributed by atoms with Gasteiger partial charge in [-0.05, 0) is 51.8 Å². The number of benzene rings is 1. The number of carbonyl (C=O) groups excluding carboxylic acids is 1. The lowest BCUT2D eigenvalue weighted by Crippen LogP contribution is -2.39. The van der Waals surface area contributed by atoms with E-state index < -0.39 is 11.1 Å². The predicted molar refractivity (Wildman–Crippen MR) is 88.2 cm³/mol. The summed E-state index contributed by atoms with van der Waals surface area (Å²) in [6.07, 6.45) is 3.20. The third kappa shape index (κ3) is 5.88. The Morgan fingerprint density at radius 3 is 2.29 bits per heavy atom. The first-order chi connectivity index (χ1) is 9.66. The highest BCUT2D eigenvalue weighted by Crippen LogP contribution is 2.23. The van der Waals surface area contributed by atoms with Gasteiger partial charge in [0.15, 0.2) is 5.54 Å². The second kappa shape index (κ2) is 7.08. The van der Waals surface area contributed by atoms with Crippen LogP contribution in [-0.2, 0) is 9.53 Å². The van der Waals surface area contributed by atoms with Crippen molar-refractivity contribution in [3.63, 3.8) is 0 Å². The normalized spacial score (nSPS) is 15.0. The molecule has 0 N–H and O–H groups in total. The van der Waals surface area contributed by atoms with Crippen LogP contribution in [-0.4, -0.2) is 23.3 Å². The van der Waals surface area contributed by atoms with E-state index in [1.54, 1.807) is 18.3 Å². The van der Waals surface area contributed by atoms with Gasteiger partial charge in [-0.15, -0.1) is 0 Å². The number of rotatable bonds is 5. The molecule has 0 radical (unpaired) electrons. The molecule has 0 heterocycles. The van der Waals surface area contributed by atoms with Crippen LogP contribution in [0.4, 0.5) is 0 Å². The van der Waals surface area contributed by atoms with E-state index >= 15 is 0 Å². The SMILES string of the molecule is CCC[C@@](C)(N=Cc1ccc(Cl)cc1)C(=O)OC(C)(C)C. The third-order valence-electron chi connectivity index (χ3n) is 2.94. The Hall–Kier alpha value is -1.35. The van der Waals surface area contributed by atoms with Crippen molar-refractivity contribution in [2.75, 3.05) is 0 Å². The van der Waals surface area contributed by atoms with Gasteiger partial charge in [0.1, 0.15) is 5.60 Å². The smallest absolute Gasteiger partial charge is 0.334 e. The minimum atomic E-state index is -0.859. The molecule has 0 aliphatic carbocycles. The van der Waals surface area contributed by atoms with Crippen molar-refractivity contribution in [1.82, 2.24) is 0 Å². The van der Waals surface area contributed by atoms with E-state index in [0.717, 1.165) is 12.0 Å². The minimum absolute atomic E-state index is 0.290. The predicted octanol–water partition coefficient (Wildman–Crippen LogP) is 4.66. The van der Waals surface area contributed by atoms with Gasteiger partial charge in [0.05, 0.1) is 0 Å². The highest BCUT2D eigenvalue weighted by atomic mass is 35.5. The average Bonchev–Trinajstić information content (AvgIpc) is 2.36. The lowest BCUT2D eigenvalue weighted by molar-refractivity contribution is -0.161. The summed E-state index contributed by atoms with van der Waals surface area (Å²) in [6.45, 7) is 9.43. The lowest BCUT2D eigenvalue weighted by Gasteiger charge is -2.28. The Morgan fingerprint density at radius 2 is 1.81 bits per heavy atom. The van der Waals surface area contributed by atoms with Crippen molar-refractivity contribution >= 4 is 23.8 Å². The summed E-state index contributed by atoms with van der Waals surface area (Å²) in [7, 11) is 0. The van der Waals surface area contributed by atoms with Gasteiger partial charge in [0.25, 0.3) is 0 Å². The molecule has 1 rings (SSSR count). The number of carbonyl (C=O) groups is 1. The van der Waals surface area contributed by atoms with Crippen LogP contribution < -0.4 is 0 Å². The van der Waals surface area contributed by atoms with Crippen molar-refractivity contribution < 1.29 is 9.53 Å². The number of ether oxygens (including phenoxy) is 1. The van der Waals surface area contributed by atoms with Gasteiger partial charge in [-0.3, -0.25) is 4.99 Å². The standard InChI is InChI=1S/C17H24ClNO2/c1-6-11-17(5,15(20)21-16(2,3)4)19-12-13-7-9-14(18)10-8-13/h7-10,12H,6,11H2,1-5H3/t17-/m1/s1. The van der Waals surface area contributed by atoms with Gasteiger partial charge in [-0.1, -0.05) is 37.1 Å². The maximum absolute atomic E-state index is 12.4. The number of hydrogen-bond acceptors (Lipinski definition) is 3. The highest BCUT2D eigenvalue weighted by molar-refractivity contribution is 6.30. The summed E-state index contributed by atoms with van der Waals surface area (Å²) in [6, 6.07) is 7.33. The molecule has 1 aromatic carbocycles. The molecule has 0 aliphatic heterocycles. The van der Waals surface area contributed by atoms with Crippen LogP contribution in [0.2, 0.25) is 5.02 Å². The first-order valence-electron chi connectivity index (χ1n) is 7.20. The zero-order valence-corrected chi connectivity index (χ0v) is 14.2. The first-order valence-corrected chi connectivity index (χ1v) is 7.58. The molecule has 116 valence electrons. The van der Waals surface area contributed by atoms with Gasteiger partial charge >= 0.3 is 5.97 Å². The second-order valence-electron chi connectivity index (χ2n) is 6.34. The van der Waals surface area contributed by atoms with Gasteiger partial charge in [0.2, 0.25) is 0 Å². The number of nitrogens with zero attached hydrogens (tertiary/aromatic N) is 1. The largest absolute Gasteiger partial charge is 0.458 e. The number of aliphatic imine (C=N–C) groups is 1. The Morgan fingerprint density at radius 1 is 1.24 bits per heavy atom. The van der Waals surface area contributed by atoms with Gasteiger partial charge in [-0.2, -0.15) is 0 Å². The summed E-state index contributed by atoms with van der Waals surface area (Å²) >= 11 is 5.86. The van der Waals surface area contributed by atoms with Gasteiger partial charge in [0, 0.05) is 11.2 Å². The topological polar surface area (TPSA) is 38.7 Å². The van der Waals surface area contributed by atoms with Crippen LogP contribution in [0.25, 0.3) is 0 Å².